The number of sulfonamides is 1. The molecule has 2 heterocycles. The highest BCUT2D eigenvalue weighted by Gasteiger charge is 2.24. The maximum atomic E-state index is 12.9. The first-order chi connectivity index (χ1) is 15.0. The maximum absolute atomic E-state index is 12.9. The molecule has 0 aliphatic heterocycles. The van der Waals surface area contributed by atoms with Crippen LogP contribution in [0.25, 0.3) is 11.7 Å². The van der Waals surface area contributed by atoms with Crippen molar-refractivity contribution < 1.29 is 31.6 Å². The van der Waals surface area contributed by atoms with E-state index in [2.05, 4.69) is 20.7 Å². The molecule has 12 nitrogen and oxygen atoms in total. The molecule has 166 valence electrons. The third-order valence-electron chi connectivity index (χ3n) is 4.14. The van der Waals surface area contributed by atoms with Crippen molar-refractivity contribution in [2.75, 3.05) is 45.8 Å². The van der Waals surface area contributed by atoms with Crippen molar-refractivity contribution in [3.05, 3.63) is 42.1 Å². The molecular formula is C18H21N5O7S. The minimum absolute atomic E-state index is 0.0432. The lowest BCUT2D eigenvalue weighted by Crippen LogP contribution is -2.36. The molecule has 3 rings (SSSR count). The Morgan fingerprint density at radius 1 is 1.06 bits per heavy atom. The van der Waals surface area contributed by atoms with E-state index < -0.39 is 15.9 Å². The van der Waals surface area contributed by atoms with Gasteiger partial charge in [0, 0.05) is 38.9 Å². The molecule has 0 unspecified atom stereocenters. The van der Waals surface area contributed by atoms with Gasteiger partial charge < -0.3 is 18.4 Å². The van der Waals surface area contributed by atoms with E-state index in [1.807, 2.05) is 0 Å². The number of hydrogen-bond donors (Lipinski definition) is 1. The number of nitrogens with one attached hydrogen (secondary N) is 1. The van der Waals surface area contributed by atoms with E-state index in [9.17, 15) is 13.2 Å². The van der Waals surface area contributed by atoms with Gasteiger partial charge in [0.25, 0.3) is 11.8 Å². The SMILES string of the molecule is COCCN(CCOC)S(=O)(=O)c1ccc(C(=O)Nc2nnc(-c3ccno3)o2)cc1. The fourth-order valence-electron chi connectivity index (χ4n) is 2.53. The molecule has 0 fully saturated rings. The minimum Gasteiger partial charge on any atom is -0.400 e. The minimum atomic E-state index is -3.78. The largest absolute Gasteiger partial charge is 0.400 e. The molecule has 0 saturated carbocycles. The van der Waals surface area contributed by atoms with Crippen LogP contribution in [0.3, 0.4) is 0 Å². The summed E-state index contributed by atoms with van der Waals surface area (Å²) in [6.45, 7) is 0.831. The third kappa shape index (κ3) is 5.52. The van der Waals surface area contributed by atoms with Crippen LogP contribution in [-0.2, 0) is 19.5 Å². The Bertz CT molecular complexity index is 1070. The smallest absolute Gasteiger partial charge is 0.322 e. The van der Waals surface area contributed by atoms with Crippen molar-refractivity contribution in [1.82, 2.24) is 19.7 Å². The Kier molecular flexibility index (Phi) is 7.46. The zero-order chi connectivity index (χ0) is 22.3. The lowest BCUT2D eigenvalue weighted by Gasteiger charge is -2.21. The first-order valence-electron chi connectivity index (χ1n) is 9.09. The van der Waals surface area contributed by atoms with Crippen LogP contribution < -0.4 is 5.32 Å². The number of methoxy groups -OCH3 is 2. The van der Waals surface area contributed by atoms with Crippen LogP contribution in [0.15, 0.2) is 50.4 Å². The highest BCUT2D eigenvalue weighted by molar-refractivity contribution is 7.89. The summed E-state index contributed by atoms with van der Waals surface area (Å²) in [4.78, 5) is 12.5. The number of aromatic nitrogens is 3. The molecule has 0 aliphatic rings. The predicted molar refractivity (Wildman–Crippen MR) is 107 cm³/mol. The van der Waals surface area contributed by atoms with Gasteiger partial charge in [0.1, 0.15) is 0 Å². The van der Waals surface area contributed by atoms with Crippen LogP contribution in [0.2, 0.25) is 0 Å². The summed E-state index contributed by atoms with van der Waals surface area (Å²) >= 11 is 0. The Hall–Kier alpha value is -3.13. The molecule has 2 aromatic heterocycles. The van der Waals surface area contributed by atoms with Crippen LogP contribution in [0.4, 0.5) is 6.01 Å². The molecular weight excluding hydrogens is 430 g/mol. The van der Waals surface area contributed by atoms with Gasteiger partial charge in [-0.3, -0.25) is 10.1 Å². The van der Waals surface area contributed by atoms with Gasteiger partial charge in [0.05, 0.1) is 24.3 Å². The zero-order valence-electron chi connectivity index (χ0n) is 16.8. The summed E-state index contributed by atoms with van der Waals surface area (Å²) < 4.78 is 47.2. The third-order valence-corrected chi connectivity index (χ3v) is 6.05. The van der Waals surface area contributed by atoms with Gasteiger partial charge in [-0.05, 0) is 24.3 Å². The second-order valence-electron chi connectivity index (χ2n) is 6.16. The highest BCUT2D eigenvalue weighted by Crippen LogP contribution is 2.20. The van der Waals surface area contributed by atoms with E-state index in [0.29, 0.717) is 0 Å². The molecule has 0 spiro atoms. The molecule has 3 aromatic rings. The lowest BCUT2D eigenvalue weighted by atomic mass is 10.2. The fourth-order valence-corrected chi connectivity index (χ4v) is 3.94. The van der Waals surface area contributed by atoms with Gasteiger partial charge in [-0.25, -0.2) is 8.42 Å². The number of anilines is 1. The summed E-state index contributed by atoms with van der Waals surface area (Å²) in [6, 6.07) is 6.87. The Balaban J connectivity index is 1.70. The predicted octanol–water partition coefficient (Wildman–Crippen LogP) is 1.26. The summed E-state index contributed by atoms with van der Waals surface area (Å²) in [7, 11) is -0.799. The molecule has 31 heavy (non-hydrogen) atoms. The molecule has 0 aliphatic carbocycles. The summed E-state index contributed by atoms with van der Waals surface area (Å²) in [5, 5.41) is 13.4. The maximum Gasteiger partial charge on any atom is 0.322 e. The number of nitrogens with zero attached hydrogens (tertiary/aromatic N) is 4. The molecule has 0 saturated heterocycles. The van der Waals surface area contributed by atoms with Crippen LogP contribution in [-0.4, -0.2) is 74.5 Å². The number of amides is 1. The molecule has 13 heteroatoms. The lowest BCUT2D eigenvalue weighted by molar-refractivity contribution is 0.102. The van der Waals surface area contributed by atoms with Crippen molar-refractivity contribution in [1.29, 1.82) is 0 Å². The summed E-state index contributed by atoms with van der Waals surface area (Å²) in [6.07, 6.45) is 1.42. The van der Waals surface area contributed by atoms with E-state index in [1.165, 1.54) is 55.1 Å². The van der Waals surface area contributed by atoms with Gasteiger partial charge in [-0.15, -0.1) is 5.10 Å². The number of carbonyl (C=O) groups is 1. The van der Waals surface area contributed by atoms with E-state index in [0.717, 1.165) is 0 Å². The summed E-state index contributed by atoms with van der Waals surface area (Å²) in [5.41, 5.74) is 0.207. The topological polar surface area (TPSA) is 150 Å². The van der Waals surface area contributed by atoms with Crippen molar-refractivity contribution >= 4 is 21.9 Å². The monoisotopic (exact) mass is 451 g/mol. The van der Waals surface area contributed by atoms with Crippen LogP contribution in [0, 0.1) is 0 Å². The van der Waals surface area contributed by atoms with E-state index in [-0.39, 0.29) is 54.4 Å². The molecule has 1 aromatic carbocycles. The van der Waals surface area contributed by atoms with E-state index in [1.54, 1.807) is 0 Å². The molecule has 0 bridgehead atoms. The average molecular weight is 451 g/mol. The number of carbonyl (C=O) groups excluding carboxylic acids is 1. The molecule has 0 radical (unpaired) electrons. The number of hydrogen-bond acceptors (Lipinski definition) is 10. The molecule has 1 amide bonds. The zero-order valence-corrected chi connectivity index (χ0v) is 17.7. The number of benzene rings is 1. The van der Waals surface area contributed by atoms with Gasteiger partial charge in [0.15, 0.2) is 0 Å². The first kappa shape index (κ1) is 22.6. The highest BCUT2D eigenvalue weighted by atomic mass is 32.2. The number of rotatable bonds is 11. The van der Waals surface area contributed by atoms with Crippen LogP contribution >= 0.6 is 0 Å². The average Bonchev–Trinajstić information content (AvgIpc) is 3.46. The van der Waals surface area contributed by atoms with E-state index in [4.69, 9.17) is 18.4 Å². The first-order valence-corrected chi connectivity index (χ1v) is 10.5. The van der Waals surface area contributed by atoms with Gasteiger partial charge >= 0.3 is 6.01 Å². The Morgan fingerprint density at radius 3 is 2.32 bits per heavy atom. The van der Waals surface area contributed by atoms with Crippen molar-refractivity contribution in [3.63, 3.8) is 0 Å². The second kappa shape index (κ2) is 10.3. The van der Waals surface area contributed by atoms with Crippen molar-refractivity contribution in [3.8, 4) is 11.7 Å². The fraction of sp³-hybridized carbons (Fsp3) is 0.333. The Morgan fingerprint density at radius 2 is 1.74 bits per heavy atom. The summed E-state index contributed by atoms with van der Waals surface area (Å²) in [5.74, 6) is -0.233. The molecule has 0 atom stereocenters. The Labute approximate surface area is 178 Å². The number of ether oxygens (including phenoxy) is 2. The normalized spacial score (nSPS) is 11.7. The van der Waals surface area contributed by atoms with Gasteiger partial charge in [0.2, 0.25) is 15.8 Å². The van der Waals surface area contributed by atoms with Crippen molar-refractivity contribution in [2.45, 2.75) is 4.90 Å². The quantitative estimate of drug-likeness (QED) is 0.451. The molecule has 1 N–H and O–H groups in total. The van der Waals surface area contributed by atoms with Crippen LogP contribution in [0.5, 0.6) is 0 Å². The van der Waals surface area contributed by atoms with Gasteiger partial charge in [-0.1, -0.05) is 10.3 Å². The standard InChI is InChI=1S/C18H21N5O7S/c1-27-11-9-23(10-12-28-2)31(25,26)14-5-3-13(4-6-14)16(24)20-18-22-21-17(29-18)15-7-8-19-30-15/h3-8H,9-12H2,1-2H3,(H,20,22,24). The van der Waals surface area contributed by atoms with Crippen LogP contribution in [0.1, 0.15) is 10.4 Å². The van der Waals surface area contributed by atoms with Gasteiger partial charge in [-0.2, -0.15) is 4.31 Å². The van der Waals surface area contributed by atoms with E-state index >= 15 is 0 Å². The second-order valence-corrected chi connectivity index (χ2v) is 8.10. The van der Waals surface area contributed by atoms with Crippen molar-refractivity contribution in [2.24, 2.45) is 0 Å².